The van der Waals surface area contributed by atoms with Crippen LogP contribution >= 0.6 is 23.1 Å². The lowest BCUT2D eigenvalue weighted by atomic mass is 10.2. The first-order valence-corrected chi connectivity index (χ1v) is 9.73. The lowest BCUT2D eigenvalue weighted by Crippen LogP contribution is -2.15. The van der Waals surface area contributed by atoms with E-state index in [0.717, 1.165) is 16.6 Å². The normalized spacial score (nSPS) is 10.6. The fraction of sp³-hybridized carbons (Fsp3) is 0.188. The third-order valence-corrected chi connectivity index (χ3v) is 5.03. The summed E-state index contributed by atoms with van der Waals surface area (Å²) >= 11 is 2.66. The maximum atomic E-state index is 12.2. The molecule has 0 atom stereocenters. The van der Waals surface area contributed by atoms with Gasteiger partial charge in [0, 0.05) is 0 Å². The Kier molecular flexibility index (Phi) is 6.04. The highest BCUT2D eigenvalue weighted by Gasteiger charge is 2.18. The van der Waals surface area contributed by atoms with Gasteiger partial charge in [-0.3, -0.25) is 20.0 Å². The fourth-order valence-corrected chi connectivity index (χ4v) is 3.44. The van der Waals surface area contributed by atoms with Crippen LogP contribution in [0.1, 0.15) is 6.92 Å². The first-order chi connectivity index (χ1) is 13.1. The van der Waals surface area contributed by atoms with E-state index >= 15 is 0 Å². The molecular weight excluding hydrogens is 390 g/mol. The fourth-order valence-electron chi connectivity index (χ4n) is 2.18. The van der Waals surface area contributed by atoms with Crippen LogP contribution in [-0.4, -0.2) is 38.4 Å². The number of rotatable bonds is 8. The van der Waals surface area contributed by atoms with Crippen molar-refractivity contribution < 1.29 is 14.5 Å². The maximum Gasteiger partial charge on any atom is 0.296 e. The molecule has 0 saturated heterocycles. The van der Waals surface area contributed by atoms with Gasteiger partial charge in [-0.05, 0) is 30.5 Å². The number of carbonyl (C=O) groups is 1. The Hall–Kier alpha value is -2.92. The van der Waals surface area contributed by atoms with Gasteiger partial charge < -0.3 is 10.1 Å². The van der Waals surface area contributed by atoms with Gasteiger partial charge in [-0.25, -0.2) is 4.98 Å². The number of hydrogen-bond acceptors (Lipinski definition) is 8. The van der Waals surface area contributed by atoms with E-state index in [9.17, 15) is 14.9 Å². The predicted octanol–water partition coefficient (Wildman–Crippen LogP) is 3.57. The van der Waals surface area contributed by atoms with E-state index in [2.05, 4.69) is 20.5 Å². The van der Waals surface area contributed by atoms with Crippen molar-refractivity contribution in [1.82, 2.24) is 15.2 Å². The van der Waals surface area contributed by atoms with Crippen molar-refractivity contribution in [1.29, 1.82) is 0 Å². The number of benzene rings is 1. The number of anilines is 1. The van der Waals surface area contributed by atoms with Gasteiger partial charge in [0.25, 0.3) is 5.69 Å². The Bertz CT molecular complexity index is 942. The lowest BCUT2D eigenvalue weighted by Gasteiger charge is -2.07. The summed E-state index contributed by atoms with van der Waals surface area (Å²) in [6.07, 6.45) is 0. The summed E-state index contributed by atoms with van der Waals surface area (Å²) in [5.74, 6) is 0.634. The smallest absolute Gasteiger partial charge is 0.296 e. The Morgan fingerprint density at radius 2 is 2.30 bits per heavy atom. The third kappa shape index (κ3) is 4.83. The number of hydrogen-bond donors (Lipinski definition) is 2. The number of nitrogens with one attached hydrogen (secondary N) is 2. The molecule has 140 valence electrons. The highest BCUT2D eigenvalue weighted by atomic mass is 32.2. The number of amides is 1. The van der Waals surface area contributed by atoms with E-state index in [4.69, 9.17) is 4.74 Å². The zero-order valence-electron chi connectivity index (χ0n) is 14.2. The monoisotopic (exact) mass is 405 g/mol. The number of thioether (sulfide) groups is 1. The van der Waals surface area contributed by atoms with Gasteiger partial charge in [-0.2, -0.15) is 0 Å². The number of nitro benzene ring substituents is 1. The van der Waals surface area contributed by atoms with Crippen LogP contribution in [0.15, 0.2) is 40.9 Å². The van der Waals surface area contributed by atoms with Crippen LogP contribution in [0.2, 0.25) is 0 Å². The number of H-pyrrole nitrogens is 1. The minimum absolute atomic E-state index is 0.0199. The van der Waals surface area contributed by atoms with Gasteiger partial charge in [0.15, 0.2) is 5.82 Å². The van der Waals surface area contributed by atoms with Crippen LogP contribution in [-0.2, 0) is 4.79 Å². The molecule has 0 radical (unpaired) electrons. The van der Waals surface area contributed by atoms with Crippen molar-refractivity contribution in [2.24, 2.45) is 0 Å². The summed E-state index contributed by atoms with van der Waals surface area (Å²) in [7, 11) is 0. The summed E-state index contributed by atoms with van der Waals surface area (Å²) in [4.78, 5) is 28.1. The molecule has 9 nitrogen and oxygen atoms in total. The van der Waals surface area contributed by atoms with E-state index in [1.807, 2.05) is 17.5 Å². The van der Waals surface area contributed by atoms with Crippen molar-refractivity contribution in [3.05, 3.63) is 45.8 Å². The molecule has 0 fully saturated rings. The van der Waals surface area contributed by atoms with Crippen molar-refractivity contribution in [2.75, 3.05) is 17.7 Å². The number of carbonyl (C=O) groups excluding carboxylic acids is 1. The van der Waals surface area contributed by atoms with Crippen LogP contribution in [0.3, 0.4) is 0 Å². The van der Waals surface area contributed by atoms with E-state index in [1.54, 1.807) is 13.0 Å². The quantitative estimate of drug-likeness (QED) is 0.333. The highest BCUT2D eigenvalue weighted by Crippen LogP contribution is 2.29. The number of aromatic nitrogens is 3. The van der Waals surface area contributed by atoms with E-state index in [1.165, 1.54) is 23.5 Å². The predicted molar refractivity (Wildman–Crippen MR) is 103 cm³/mol. The highest BCUT2D eigenvalue weighted by molar-refractivity contribution is 7.99. The molecule has 0 unspecified atom stereocenters. The standard InChI is InChI=1S/C16H15N5O4S2/c1-2-25-10-5-6-11(12(8-10)21(23)24)17-14(22)9-27-16-18-15(19-20-16)13-4-3-7-26-13/h3-8H,2,9H2,1H3,(H,17,22)(H,18,19,20). The molecule has 0 aliphatic rings. The van der Waals surface area contributed by atoms with Crippen molar-refractivity contribution in [3.8, 4) is 16.5 Å². The molecule has 0 bridgehead atoms. The molecule has 3 aromatic rings. The Morgan fingerprint density at radius 3 is 3.00 bits per heavy atom. The van der Waals surface area contributed by atoms with Gasteiger partial charge in [0.05, 0.1) is 28.2 Å². The Labute approximate surface area is 162 Å². The Morgan fingerprint density at radius 1 is 1.44 bits per heavy atom. The average molecular weight is 405 g/mol. The molecule has 0 spiro atoms. The van der Waals surface area contributed by atoms with Gasteiger partial charge in [-0.1, -0.05) is 17.8 Å². The summed E-state index contributed by atoms with van der Waals surface area (Å²) < 4.78 is 5.25. The minimum atomic E-state index is -0.562. The average Bonchev–Trinajstić information content (AvgIpc) is 3.33. The molecule has 1 amide bonds. The van der Waals surface area contributed by atoms with Crippen LogP contribution < -0.4 is 10.1 Å². The molecule has 3 rings (SSSR count). The number of aromatic amines is 1. The zero-order valence-corrected chi connectivity index (χ0v) is 15.8. The minimum Gasteiger partial charge on any atom is -0.494 e. The van der Waals surface area contributed by atoms with Gasteiger partial charge in [0.2, 0.25) is 11.1 Å². The molecule has 2 N–H and O–H groups in total. The topological polar surface area (TPSA) is 123 Å². The molecule has 2 heterocycles. The van der Waals surface area contributed by atoms with Crippen LogP contribution in [0, 0.1) is 10.1 Å². The van der Waals surface area contributed by atoms with Crippen LogP contribution in [0.4, 0.5) is 11.4 Å². The number of ether oxygens (including phenoxy) is 1. The summed E-state index contributed by atoms with van der Waals surface area (Å²) in [5, 5.41) is 23.0. The summed E-state index contributed by atoms with van der Waals surface area (Å²) in [6, 6.07) is 8.13. The molecule has 27 heavy (non-hydrogen) atoms. The first kappa shape index (κ1) is 18.9. The second kappa shape index (κ2) is 8.64. The number of nitrogens with zero attached hydrogens (tertiary/aromatic N) is 3. The lowest BCUT2D eigenvalue weighted by molar-refractivity contribution is -0.384. The summed E-state index contributed by atoms with van der Waals surface area (Å²) in [6.45, 7) is 2.18. The molecule has 0 aliphatic heterocycles. The second-order valence-electron chi connectivity index (χ2n) is 5.15. The van der Waals surface area contributed by atoms with E-state index < -0.39 is 10.8 Å². The van der Waals surface area contributed by atoms with Gasteiger partial charge >= 0.3 is 0 Å². The molecular formula is C16H15N5O4S2. The molecule has 0 saturated carbocycles. The molecule has 11 heteroatoms. The van der Waals surface area contributed by atoms with Crippen LogP contribution in [0.5, 0.6) is 5.75 Å². The van der Waals surface area contributed by atoms with Gasteiger partial charge in [0.1, 0.15) is 11.4 Å². The van der Waals surface area contributed by atoms with Crippen molar-refractivity contribution in [2.45, 2.75) is 12.1 Å². The first-order valence-electron chi connectivity index (χ1n) is 7.87. The second-order valence-corrected chi connectivity index (χ2v) is 7.04. The van der Waals surface area contributed by atoms with Crippen molar-refractivity contribution >= 4 is 40.4 Å². The van der Waals surface area contributed by atoms with Crippen LogP contribution in [0.25, 0.3) is 10.7 Å². The van der Waals surface area contributed by atoms with E-state index in [-0.39, 0.29) is 17.1 Å². The maximum absolute atomic E-state index is 12.2. The Balaban J connectivity index is 1.62. The van der Waals surface area contributed by atoms with Crippen molar-refractivity contribution in [3.63, 3.8) is 0 Å². The largest absolute Gasteiger partial charge is 0.494 e. The summed E-state index contributed by atoms with van der Waals surface area (Å²) in [5.41, 5.74) is -0.111. The SMILES string of the molecule is CCOc1ccc(NC(=O)CSc2n[nH]c(-c3cccs3)n2)c([N+](=O)[O-])c1. The van der Waals surface area contributed by atoms with Gasteiger partial charge in [-0.15, -0.1) is 16.4 Å². The van der Waals surface area contributed by atoms with E-state index in [0.29, 0.717) is 23.3 Å². The molecule has 1 aromatic carbocycles. The third-order valence-electron chi connectivity index (χ3n) is 3.30. The number of thiophene rings is 1. The molecule has 2 aromatic heterocycles. The zero-order chi connectivity index (χ0) is 19.2. The number of nitro groups is 1. The molecule has 0 aliphatic carbocycles.